The normalized spacial score (nSPS) is 12.2. The zero-order valence-corrected chi connectivity index (χ0v) is 11.6. The minimum Gasteiger partial charge on any atom is -0.480 e. The van der Waals surface area contributed by atoms with E-state index in [1.807, 2.05) is 45.0 Å². The Hall–Kier alpha value is -1.84. The van der Waals surface area contributed by atoms with Crippen LogP contribution in [0, 0.1) is 12.8 Å². The van der Waals surface area contributed by atoms with E-state index in [2.05, 4.69) is 5.32 Å². The van der Waals surface area contributed by atoms with Gasteiger partial charge in [-0.2, -0.15) is 0 Å². The van der Waals surface area contributed by atoms with E-state index in [9.17, 15) is 9.59 Å². The van der Waals surface area contributed by atoms with Gasteiger partial charge in [0.1, 0.15) is 6.04 Å². The predicted molar refractivity (Wildman–Crippen MR) is 73.9 cm³/mol. The number of carbonyl (C=O) groups excluding carboxylic acids is 1. The fourth-order valence-electron chi connectivity index (χ4n) is 1.95. The van der Waals surface area contributed by atoms with Crippen LogP contribution in [0.3, 0.4) is 0 Å². The van der Waals surface area contributed by atoms with Crippen molar-refractivity contribution in [1.29, 1.82) is 0 Å². The lowest BCUT2D eigenvalue weighted by Crippen LogP contribution is -2.42. The van der Waals surface area contributed by atoms with Gasteiger partial charge in [0.05, 0.1) is 6.42 Å². The molecule has 4 heteroatoms. The molecule has 0 fully saturated rings. The first kappa shape index (κ1) is 15.2. The van der Waals surface area contributed by atoms with E-state index < -0.39 is 12.0 Å². The first-order valence-corrected chi connectivity index (χ1v) is 6.46. The molecule has 1 aromatic carbocycles. The Balaban J connectivity index is 2.60. The van der Waals surface area contributed by atoms with Crippen LogP contribution < -0.4 is 5.32 Å². The van der Waals surface area contributed by atoms with E-state index in [-0.39, 0.29) is 18.2 Å². The molecular weight excluding hydrogens is 242 g/mol. The number of carboxylic acids is 1. The fraction of sp³-hybridized carbons (Fsp3) is 0.467. The molecule has 0 heterocycles. The minimum absolute atomic E-state index is 0.212. The highest BCUT2D eigenvalue weighted by atomic mass is 16.4. The van der Waals surface area contributed by atoms with E-state index in [1.165, 1.54) is 0 Å². The van der Waals surface area contributed by atoms with Gasteiger partial charge in [-0.05, 0) is 24.8 Å². The minimum atomic E-state index is -0.980. The second-order valence-corrected chi connectivity index (χ2v) is 5.25. The van der Waals surface area contributed by atoms with E-state index >= 15 is 0 Å². The van der Waals surface area contributed by atoms with Crippen molar-refractivity contribution >= 4 is 11.9 Å². The highest BCUT2D eigenvalue weighted by Crippen LogP contribution is 2.07. The van der Waals surface area contributed by atoms with E-state index in [4.69, 9.17) is 5.11 Å². The molecule has 0 bridgehead atoms. The molecule has 0 aliphatic rings. The number of carbonyl (C=O) groups is 2. The second kappa shape index (κ2) is 6.92. The van der Waals surface area contributed by atoms with Crippen LogP contribution in [-0.2, 0) is 16.0 Å². The van der Waals surface area contributed by atoms with Crippen molar-refractivity contribution in [2.45, 2.75) is 39.7 Å². The lowest BCUT2D eigenvalue weighted by atomic mass is 10.0. The molecule has 1 amide bonds. The van der Waals surface area contributed by atoms with Gasteiger partial charge in [0.25, 0.3) is 0 Å². The number of hydrogen-bond donors (Lipinski definition) is 2. The van der Waals surface area contributed by atoms with E-state index in [0.717, 1.165) is 11.1 Å². The summed E-state index contributed by atoms with van der Waals surface area (Å²) >= 11 is 0. The highest BCUT2D eigenvalue weighted by Gasteiger charge is 2.20. The molecule has 0 unspecified atom stereocenters. The van der Waals surface area contributed by atoms with Gasteiger partial charge in [-0.1, -0.05) is 43.7 Å². The van der Waals surface area contributed by atoms with Crippen molar-refractivity contribution in [3.8, 4) is 0 Å². The quantitative estimate of drug-likeness (QED) is 0.826. The third-order valence-corrected chi connectivity index (χ3v) is 2.79. The second-order valence-electron chi connectivity index (χ2n) is 5.25. The lowest BCUT2D eigenvalue weighted by molar-refractivity contribution is -0.142. The summed E-state index contributed by atoms with van der Waals surface area (Å²) in [6, 6.07) is 6.83. The van der Waals surface area contributed by atoms with Gasteiger partial charge in [-0.3, -0.25) is 4.79 Å². The third kappa shape index (κ3) is 5.55. The molecule has 0 saturated heterocycles. The van der Waals surface area contributed by atoms with Crippen molar-refractivity contribution in [3.05, 3.63) is 35.4 Å². The van der Waals surface area contributed by atoms with Gasteiger partial charge in [-0.15, -0.1) is 0 Å². The zero-order valence-electron chi connectivity index (χ0n) is 11.6. The Labute approximate surface area is 113 Å². The average Bonchev–Trinajstić information content (AvgIpc) is 2.27. The van der Waals surface area contributed by atoms with Gasteiger partial charge >= 0.3 is 5.97 Å². The van der Waals surface area contributed by atoms with Gasteiger partial charge in [0.15, 0.2) is 0 Å². The summed E-state index contributed by atoms with van der Waals surface area (Å²) in [5.74, 6) is -1.01. The molecule has 4 nitrogen and oxygen atoms in total. The van der Waals surface area contributed by atoms with Crippen LogP contribution in [-0.4, -0.2) is 23.0 Å². The number of nitrogens with one attached hydrogen (secondary N) is 1. The predicted octanol–water partition coefficient (Wildman–Crippen LogP) is 2.15. The molecule has 0 saturated carbocycles. The van der Waals surface area contributed by atoms with Gasteiger partial charge in [-0.25, -0.2) is 4.79 Å². The van der Waals surface area contributed by atoms with Crippen molar-refractivity contribution < 1.29 is 14.7 Å². The molecule has 0 radical (unpaired) electrons. The summed E-state index contributed by atoms with van der Waals surface area (Å²) in [5.41, 5.74) is 1.98. The summed E-state index contributed by atoms with van der Waals surface area (Å²) in [7, 11) is 0. The summed E-state index contributed by atoms with van der Waals surface area (Å²) in [4.78, 5) is 22.9. The molecule has 104 valence electrons. The Bertz CT molecular complexity index is 454. The molecule has 0 aliphatic heterocycles. The van der Waals surface area contributed by atoms with Crippen molar-refractivity contribution in [2.24, 2.45) is 5.92 Å². The Kier molecular flexibility index (Phi) is 5.55. The van der Waals surface area contributed by atoms with Crippen LogP contribution >= 0.6 is 0 Å². The van der Waals surface area contributed by atoms with Crippen molar-refractivity contribution in [1.82, 2.24) is 5.32 Å². The number of aliphatic carboxylic acids is 1. The van der Waals surface area contributed by atoms with Crippen LogP contribution in [0.5, 0.6) is 0 Å². The average molecular weight is 263 g/mol. The fourth-order valence-corrected chi connectivity index (χ4v) is 1.95. The standard InChI is InChI=1S/C15H21NO3/c1-10(2)7-13(15(18)19)16-14(17)9-12-6-4-5-11(3)8-12/h4-6,8,10,13H,7,9H2,1-3H3,(H,16,17)(H,18,19)/t13-/m1/s1. The van der Waals surface area contributed by atoms with Gasteiger partial charge in [0, 0.05) is 0 Å². The smallest absolute Gasteiger partial charge is 0.326 e. The van der Waals surface area contributed by atoms with Crippen LogP contribution in [0.15, 0.2) is 24.3 Å². The van der Waals surface area contributed by atoms with Crippen LogP contribution in [0.25, 0.3) is 0 Å². The molecule has 1 rings (SSSR count). The SMILES string of the molecule is Cc1cccc(CC(=O)N[C@H](CC(C)C)C(=O)O)c1. The highest BCUT2D eigenvalue weighted by molar-refractivity contribution is 5.84. The van der Waals surface area contributed by atoms with Crippen LogP contribution in [0.1, 0.15) is 31.4 Å². The summed E-state index contributed by atoms with van der Waals surface area (Å²) in [6.45, 7) is 5.82. The molecule has 1 atom stereocenters. The van der Waals surface area contributed by atoms with Crippen LogP contribution in [0.4, 0.5) is 0 Å². The van der Waals surface area contributed by atoms with Crippen LogP contribution in [0.2, 0.25) is 0 Å². The maximum atomic E-state index is 11.8. The summed E-state index contributed by atoms with van der Waals surface area (Å²) in [5, 5.41) is 11.6. The number of carboxylic acid groups (broad SMARTS) is 1. The summed E-state index contributed by atoms with van der Waals surface area (Å²) in [6.07, 6.45) is 0.651. The molecule has 19 heavy (non-hydrogen) atoms. The largest absolute Gasteiger partial charge is 0.480 e. The first-order valence-electron chi connectivity index (χ1n) is 6.46. The molecule has 0 spiro atoms. The van der Waals surface area contributed by atoms with E-state index in [0.29, 0.717) is 6.42 Å². The topological polar surface area (TPSA) is 66.4 Å². The van der Waals surface area contributed by atoms with Gasteiger partial charge < -0.3 is 10.4 Å². The molecular formula is C15H21NO3. The number of benzene rings is 1. The first-order chi connectivity index (χ1) is 8.88. The number of aryl methyl sites for hydroxylation is 1. The number of rotatable bonds is 6. The number of amides is 1. The lowest BCUT2D eigenvalue weighted by Gasteiger charge is -2.16. The molecule has 0 aromatic heterocycles. The zero-order chi connectivity index (χ0) is 14.4. The maximum Gasteiger partial charge on any atom is 0.326 e. The van der Waals surface area contributed by atoms with E-state index in [1.54, 1.807) is 0 Å². The molecule has 1 aromatic rings. The van der Waals surface area contributed by atoms with Crippen molar-refractivity contribution in [2.75, 3.05) is 0 Å². The molecule has 2 N–H and O–H groups in total. The Morgan fingerprint density at radius 1 is 1.32 bits per heavy atom. The Morgan fingerprint density at radius 2 is 2.00 bits per heavy atom. The summed E-state index contributed by atoms with van der Waals surface area (Å²) < 4.78 is 0. The van der Waals surface area contributed by atoms with Gasteiger partial charge in [0.2, 0.25) is 5.91 Å². The third-order valence-electron chi connectivity index (χ3n) is 2.79. The number of hydrogen-bond acceptors (Lipinski definition) is 2. The monoisotopic (exact) mass is 263 g/mol. The van der Waals surface area contributed by atoms with Crippen molar-refractivity contribution in [3.63, 3.8) is 0 Å². The maximum absolute atomic E-state index is 11.8. The Morgan fingerprint density at radius 3 is 2.53 bits per heavy atom. The molecule has 0 aliphatic carbocycles.